The number of hydrogen-bond donors (Lipinski definition) is 0. The smallest absolute Gasteiger partial charge is 0.306 e. The Morgan fingerprint density at radius 1 is 1.31 bits per heavy atom. The molecule has 2 aromatic carbocycles. The Bertz CT molecular complexity index is 899. The van der Waals surface area contributed by atoms with Gasteiger partial charge in [0.05, 0.1) is 31.8 Å². The quantitative estimate of drug-likeness (QED) is 0.788. The first-order chi connectivity index (χ1) is 12.7. The highest BCUT2D eigenvalue weighted by atomic mass is 16.5. The van der Waals surface area contributed by atoms with Crippen LogP contribution in [0.5, 0.6) is 11.5 Å². The molecule has 2 aromatic rings. The second-order valence-electron chi connectivity index (χ2n) is 6.62. The molecule has 0 amide bonds. The van der Waals surface area contributed by atoms with Crippen molar-refractivity contribution in [3.05, 3.63) is 58.7 Å². The number of hydrogen-bond acceptors (Lipinski definition) is 5. The first-order valence-corrected chi connectivity index (χ1v) is 8.71. The van der Waals surface area contributed by atoms with E-state index in [-0.39, 0.29) is 18.0 Å². The maximum Gasteiger partial charge on any atom is 0.306 e. The van der Waals surface area contributed by atoms with Gasteiger partial charge in [0.15, 0.2) is 0 Å². The van der Waals surface area contributed by atoms with E-state index >= 15 is 0 Å². The molecule has 0 spiro atoms. The zero-order valence-corrected chi connectivity index (χ0v) is 14.5. The van der Waals surface area contributed by atoms with Crippen LogP contribution in [-0.4, -0.2) is 19.7 Å². The zero-order valence-electron chi connectivity index (χ0n) is 14.5. The van der Waals surface area contributed by atoms with E-state index in [0.717, 1.165) is 46.6 Å². The lowest BCUT2D eigenvalue weighted by Crippen LogP contribution is -2.09. The molecule has 0 saturated heterocycles. The van der Waals surface area contributed by atoms with Crippen molar-refractivity contribution in [2.45, 2.75) is 31.3 Å². The first kappa shape index (κ1) is 16.5. The van der Waals surface area contributed by atoms with Gasteiger partial charge in [-0.15, -0.1) is 0 Å². The number of carbonyl (C=O) groups excluding carboxylic acids is 1. The third-order valence-electron chi connectivity index (χ3n) is 5.12. The molecule has 0 aromatic heterocycles. The number of fused-ring (bicyclic) bond motifs is 2. The Hall–Kier alpha value is -3.00. The van der Waals surface area contributed by atoms with Crippen LogP contribution in [0.25, 0.3) is 0 Å². The van der Waals surface area contributed by atoms with Crippen LogP contribution in [0.2, 0.25) is 0 Å². The lowest BCUT2D eigenvalue weighted by Gasteiger charge is -2.16. The number of carbonyl (C=O) groups is 1. The van der Waals surface area contributed by atoms with Crippen molar-refractivity contribution in [3.63, 3.8) is 0 Å². The molecular weight excluding hydrogens is 330 g/mol. The number of ether oxygens (including phenoxy) is 3. The average Bonchev–Trinajstić information content (AvgIpc) is 3.26. The Labute approximate surface area is 152 Å². The SMILES string of the molecule is COC(=O)C[C@H]1COc2cc(OC3CCc4c(C#N)cccc43)ccc21. The molecule has 132 valence electrons. The van der Waals surface area contributed by atoms with Gasteiger partial charge in [-0.2, -0.15) is 5.26 Å². The predicted molar refractivity (Wildman–Crippen MR) is 94.2 cm³/mol. The lowest BCUT2D eigenvalue weighted by molar-refractivity contribution is -0.141. The van der Waals surface area contributed by atoms with E-state index in [1.54, 1.807) is 0 Å². The van der Waals surface area contributed by atoms with Gasteiger partial charge < -0.3 is 14.2 Å². The Morgan fingerprint density at radius 2 is 2.19 bits per heavy atom. The Kier molecular flexibility index (Phi) is 4.26. The summed E-state index contributed by atoms with van der Waals surface area (Å²) in [6, 6.07) is 13.8. The van der Waals surface area contributed by atoms with Crippen molar-refractivity contribution >= 4 is 5.97 Å². The third kappa shape index (κ3) is 2.88. The van der Waals surface area contributed by atoms with Gasteiger partial charge >= 0.3 is 5.97 Å². The van der Waals surface area contributed by atoms with E-state index in [4.69, 9.17) is 14.2 Å². The minimum atomic E-state index is -0.234. The summed E-state index contributed by atoms with van der Waals surface area (Å²) in [4.78, 5) is 11.5. The van der Waals surface area contributed by atoms with Gasteiger partial charge in [-0.1, -0.05) is 18.2 Å². The minimum absolute atomic E-state index is 0.0249. The van der Waals surface area contributed by atoms with Crippen molar-refractivity contribution in [1.82, 2.24) is 0 Å². The van der Waals surface area contributed by atoms with Crippen molar-refractivity contribution in [1.29, 1.82) is 5.26 Å². The van der Waals surface area contributed by atoms with E-state index in [9.17, 15) is 10.1 Å². The van der Waals surface area contributed by atoms with Gasteiger partial charge in [-0.25, -0.2) is 0 Å². The van der Waals surface area contributed by atoms with Gasteiger partial charge in [-0.05, 0) is 36.1 Å². The number of nitrogens with zero attached hydrogens (tertiary/aromatic N) is 1. The summed E-state index contributed by atoms with van der Waals surface area (Å²) in [5.41, 5.74) is 3.93. The molecule has 0 fully saturated rings. The molecule has 5 heteroatoms. The topological polar surface area (TPSA) is 68.6 Å². The summed E-state index contributed by atoms with van der Waals surface area (Å²) < 4.78 is 16.7. The fraction of sp³-hybridized carbons (Fsp3) is 0.333. The molecule has 2 aliphatic rings. The number of nitriles is 1. The molecule has 0 bridgehead atoms. The van der Waals surface area contributed by atoms with Gasteiger partial charge in [0.1, 0.15) is 17.6 Å². The van der Waals surface area contributed by atoms with Crippen LogP contribution in [-0.2, 0) is 16.0 Å². The molecule has 1 unspecified atom stereocenters. The molecule has 4 rings (SSSR count). The van der Waals surface area contributed by atoms with Crippen LogP contribution in [0, 0.1) is 11.3 Å². The summed E-state index contributed by atoms with van der Waals surface area (Å²) >= 11 is 0. The van der Waals surface area contributed by atoms with E-state index in [1.807, 2.05) is 36.4 Å². The molecular formula is C21H19NO4. The van der Waals surface area contributed by atoms with Crippen molar-refractivity contribution in [3.8, 4) is 17.6 Å². The summed E-state index contributed by atoms with van der Waals surface area (Å²) in [6.45, 7) is 0.478. The number of benzene rings is 2. The monoisotopic (exact) mass is 349 g/mol. The van der Waals surface area contributed by atoms with Gasteiger partial charge in [-0.3, -0.25) is 4.79 Å². The standard InChI is InChI=1S/C21H19NO4/c1-24-21(23)9-14-12-25-20-10-15(5-6-17(14)20)26-19-8-7-16-13(11-22)3-2-4-18(16)19/h2-6,10,14,19H,7-9,12H2,1H3/t14-,19?/m0/s1. The van der Waals surface area contributed by atoms with Crippen LogP contribution in [0.3, 0.4) is 0 Å². The zero-order chi connectivity index (χ0) is 18.1. The molecule has 1 aliphatic heterocycles. The van der Waals surface area contributed by atoms with E-state index in [2.05, 4.69) is 6.07 Å². The van der Waals surface area contributed by atoms with Crippen molar-refractivity contribution in [2.24, 2.45) is 0 Å². The average molecular weight is 349 g/mol. The number of methoxy groups -OCH3 is 1. The fourth-order valence-corrected chi connectivity index (χ4v) is 3.79. The van der Waals surface area contributed by atoms with Crippen LogP contribution in [0.4, 0.5) is 0 Å². The molecule has 1 aliphatic carbocycles. The molecule has 2 atom stereocenters. The van der Waals surface area contributed by atoms with Crippen molar-refractivity contribution < 1.29 is 19.0 Å². The molecule has 0 radical (unpaired) electrons. The molecule has 1 heterocycles. The number of esters is 1. The highest BCUT2D eigenvalue weighted by Crippen LogP contribution is 2.41. The lowest BCUT2D eigenvalue weighted by atomic mass is 9.98. The predicted octanol–water partition coefficient (Wildman–Crippen LogP) is 3.66. The minimum Gasteiger partial charge on any atom is -0.492 e. The maximum absolute atomic E-state index is 11.5. The van der Waals surface area contributed by atoms with Crippen LogP contribution in [0.15, 0.2) is 36.4 Å². The van der Waals surface area contributed by atoms with Gasteiger partial charge in [0.25, 0.3) is 0 Å². The van der Waals surface area contributed by atoms with Gasteiger partial charge in [0, 0.05) is 17.5 Å². The first-order valence-electron chi connectivity index (χ1n) is 8.71. The second kappa shape index (κ2) is 6.72. The van der Waals surface area contributed by atoms with Crippen molar-refractivity contribution in [2.75, 3.05) is 13.7 Å². The van der Waals surface area contributed by atoms with Crippen LogP contribution >= 0.6 is 0 Å². The molecule has 0 saturated carbocycles. The highest BCUT2D eigenvalue weighted by molar-refractivity contribution is 5.71. The summed E-state index contributed by atoms with van der Waals surface area (Å²) in [7, 11) is 1.40. The molecule has 5 nitrogen and oxygen atoms in total. The summed E-state index contributed by atoms with van der Waals surface area (Å²) in [6.07, 6.45) is 1.98. The highest BCUT2D eigenvalue weighted by Gasteiger charge is 2.29. The van der Waals surface area contributed by atoms with Crippen LogP contribution in [0.1, 0.15) is 47.1 Å². The number of rotatable bonds is 4. The fourth-order valence-electron chi connectivity index (χ4n) is 3.79. The largest absolute Gasteiger partial charge is 0.492 e. The molecule has 26 heavy (non-hydrogen) atoms. The third-order valence-corrected chi connectivity index (χ3v) is 5.12. The molecule has 0 N–H and O–H groups in total. The normalized spacial score (nSPS) is 19.8. The summed E-state index contributed by atoms with van der Waals surface area (Å²) in [5.74, 6) is 1.29. The van der Waals surface area contributed by atoms with Crippen LogP contribution < -0.4 is 9.47 Å². The van der Waals surface area contributed by atoms with E-state index < -0.39 is 0 Å². The van der Waals surface area contributed by atoms with E-state index in [0.29, 0.717) is 13.0 Å². The Balaban J connectivity index is 1.52. The Morgan fingerprint density at radius 3 is 3.00 bits per heavy atom. The van der Waals surface area contributed by atoms with E-state index in [1.165, 1.54) is 7.11 Å². The maximum atomic E-state index is 11.5. The summed E-state index contributed by atoms with van der Waals surface area (Å²) in [5, 5.41) is 9.25. The van der Waals surface area contributed by atoms with Gasteiger partial charge in [0.2, 0.25) is 0 Å². The second-order valence-corrected chi connectivity index (χ2v) is 6.62.